The number of H-pyrrole nitrogens is 1. The number of morpholine rings is 1. The molecule has 2 aromatic rings. The first-order chi connectivity index (χ1) is 12.6. The normalized spacial score (nSPS) is 20.7. The first-order valence-corrected chi connectivity index (χ1v) is 9.43. The highest BCUT2D eigenvalue weighted by atomic mass is 35.5. The first-order valence-electron chi connectivity index (χ1n) is 9.05. The quantitative estimate of drug-likeness (QED) is 0.894. The third kappa shape index (κ3) is 3.31. The van der Waals surface area contributed by atoms with Crippen LogP contribution in [0.1, 0.15) is 18.4 Å². The van der Waals surface area contributed by atoms with E-state index in [2.05, 4.69) is 4.98 Å². The minimum Gasteiger partial charge on any atom is -0.378 e. The molecule has 1 atom stereocenters. The molecule has 2 saturated heterocycles. The Kier molecular flexibility index (Phi) is 4.87. The number of halogens is 1. The molecule has 0 bridgehead atoms. The molecule has 1 N–H and O–H groups in total. The Morgan fingerprint density at radius 2 is 2.04 bits per heavy atom. The molecule has 2 fully saturated rings. The molecule has 0 spiro atoms. The van der Waals surface area contributed by atoms with Gasteiger partial charge in [0.05, 0.1) is 19.6 Å². The van der Waals surface area contributed by atoms with Gasteiger partial charge in [0.25, 0.3) is 0 Å². The predicted octanol–water partition coefficient (Wildman–Crippen LogP) is 2.21. The Balaban J connectivity index is 1.49. The Bertz CT molecular complexity index is 829. The molecule has 1 unspecified atom stereocenters. The van der Waals surface area contributed by atoms with Crippen LogP contribution in [0.4, 0.5) is 0 Å². The molecule has 7 heteroatoms. The van der Waals surface area contributed by atoms with Crippen LogP contribution in [0.25, 0.3) is 10.9 Å². The maximum Gasteiger partial charge on any atom is 0.245 e. The van der Waals surface area contributed by atoms with Gasteiger partial charge in [0, 0.05) is 41.8 Å². The van der Waals surface area contributed by atoms with Crippen molar-refractivity contribution in [3.05, 3.63) is 35.0 Å². The number of fused-ring (bicyclic) bond motifs is 1. The summed E-state index contributed by atoms with van der Waals surface area (Å²) in [6.45, 7) is 3.00. The summed E-state index contributed by atoms with van der Waals surface area (Å²) in [5, 5.41) is 1.61. The lowest BCUT2D eigenvalue weighted by Crippen LogP contribution is -2.51. The van der Waals surface area contributed by atoms with Crippen molar-refractivity contribution in [3.63, 3.8) is 0 Å². The fraction of sp³-hybridized carbons (Fsp3) is 0.474. The maximum atomic E-state index is 12.9. The van der Waals surface area contributed by atoms with E-state index in [0.717, 1.165) is 29.3 Å². The van der Waals surface area contributed by atoms with Crippen molar-refractivity contribution in [3.8, 4) is 0 Å². The highest BCUT2D eigenvalue weighted by Crippen LogP contribution is 2.25. The molecule has 6 nitrogen and oxygen atoms in total. The third-order valence-electron chi connectivity index (χ3n) is 5.25. The van der Waals surface area contributed by atoms with Crippen molar-refractivity contribution in [1.29, 1.82) is 0 Å². The number of carbonyl (C=O) groups is 2. The number of aromatic nitrogens is 1. The van der Waals surface area contributed by atoms with Gasteiger partial charge in [0.1, 0.15) is 6.04 Å². The molecule has 3 heterocycles. The summed E-state index contributed by atoms with van der Waals surface area (Å²) in [6, 6.07) is 5.26. The van der Waals surface area contributed by atoms with Crippen LogP contribution in [-0.2, 0) is 20.7 Å². The lowest BCUT2D eigenvalue weighted by Gasteiger charge is -2.32. The van der Waals surface area contributed by atoms with Crippen molar-refractivity contribution in [1.82, 2.24) is 14.8 Å². The smallest absolute Gasteiger partial charge is 0.245 e. The lowest BCUT2D eigenvalue weighted by atomic mass is 10.1. The summed E-state index contributed by atoms with van der Waals surface area (Å²) in [5.74, 6) is 0.0520. The monoisotopic (exact) mass is 375 g/mol. The minimum atomic E-state index is -0.339. The molecule has 2 aliphatic heterocycles. The van der Waals surface area contributed by atoms with Crippen LogP contribution in [-0.4, -0.2) is 65.5 Å². The predicted molar refractivity (Wildman–Crippen MR) is 99.1 cm³/mol. The molecule has 2 aliphatic rings. The van der Waals surface area contributed by atoms with Crippen LogP contribution < -0.4 is 0 Å². The number of rotatable bonds is 3. The van der Waals surface area contributed by atoms with Gasteiger partial charge in [-0.25, -0.2) is 0 Å². The molecule has 0 saturated carbocycles. The fourth-order valence-electron chi connectivity index (χ4n) is 3.88. The van der Waals surface area contributed by atoms with Gasteiger partial charge in [-0.15, -0.1) is 0 Å². The standard InChI is InChI=1S/C19H22ClN3O3/c20-14-3-4-16-15(11-14)13(12-21-16)10-18(24)23-5-1-2-17(23)19(25)22-6-8-26-9-7-22/h3-4,11-12,17,21H,1-2,5-10H2. The van der Waals surface area contributed by atoms with Crippen LogP contribution >= 0.6 is 11.6 Å². The minimum absolute atomic E-state index is 0.00464. The molecule has 0 aliphatic carbocycles. The molecule has 138 valence electrons. The van der Waals surface area contributed by atoms with Crippen LogP contribution in [0.3, 0.4) is 0 Å². The van der Waals surface area contributed by atoms with E-state index in [0.29, 0.717) is 37.9 Å². The zero-order chi connectivity index (χ0) is 18.1. The largest absolute Gasteiger partial charge is 0.378 e. The third-order valence-corrected chi connectivity index (χ3v) is 5.49. The Hall–Kier alpha value is -2.05. The molecular formula is C19H22ClN3O3. The van der Waals surface area contributed by atoms with E-state index in [1.165, 1.54) is 0 Å². The van der Waals surface area contributed by atoms with Crippen LogP contribution in [0.5, 0.6) is 0 Å². The Labute approximate surface area is 157 Å². The number of hydrogen-bond acceptors (Lipinski definition) is 3. The van der Waals surface area contributed by atoms with Gasteiger partial charge in [-0.1, -0.05) is 11.6 Å². The number of amides is 2. The number of nitrogens with one attached hydrogen (secondary N) is 1. The molecule has 1 aromatic heterocycles. The van der Waals surface area contributed by atoms with E-state index >= 15 is 0 Å². The van der Waals surface area contributed by atoms with E-state index in [9.17, 15) is 9.59 Å². The fourth-order valence-corrected chi connectivity index (χ4v) is 4.05. The summed E-state index contributed by atoms with van der Waals surface area (Å²) < 4.78 is 5.32. The topological polar surface area (TPSA) is 65.6 Å². The average Bonchev–Trinajstić information content (AvgIpc) is 3.29. The second-order valence-electron chi connectivity index (χ2n) is 6.86. The SMILES string of the molecule is O=C(C1CCCN1C(=O)Cc1c[nH]c2ccc(Cl)cc12)N1CCOCC1. The van der Waals surface area contributed by atoms with Gasteiger partial charge in [0.15, 0.2) is 0 Å². The zero-order valence-electron chi connectivity index (χ0n) is 14.5. The zero-order valence-corrected chi connectivity index (χ0v) is 15.3. The summed E-state index contributed by atoms with van der Waals surface area (Å²) in [6.07, 6.45) is 3.73. The van der Waals surface area contributed by atoms with Gasteiger partial charge in [-0.3, -0.25) is 9.59 Å². The average molecular weight is 376 g/mol. The van der Waals surface area contributed by atoms with Crippen LogP contribution in [0.2, 0.25) is 5.02 Å². The number of hydrogen-bond donors (Lipinski definition) is 1. The van der Waals surface area contributed by atoms with Gasteiger partial charge < -0.3 is 19.5 Å². The molecule has 2 amide bonds. The highest BCUT2D eigenvalue weighted by Gasteiger charge is 2.36. The maximum absolute atomic E-state index is 12.9. The number of carbonyl (C=O) groups excluding carboxylic acids is 2. The summed E-state index contributed by atoms with van der Waals surface area (Å²) >= 11 is 6.09. The van der Waals surface area contributed by atoms with Crippen LogP contribution in [0, 0.1) is 0 Å². The molecule has 1 aromatic carbocycles. The van der Waals surface area contributed by atoms with Crippen molar-refractivity contribution in [2.24, 2.45) is 0 Å². The van der Waals surface area contributed by atoms with Crippen molar-refractivity contribution in [2.45, 2.75) is 25.3 Å². The molecule has 4 rings (SSSR count). The summed E-state index contributed by atoms with van der Waals surface area (Å²) in [7, 11) is 0. The molecule has 26 heavy (non-hydrogen) atoms. The molecule has 0 radical (unpaired) electrons. The second-order valence-corrected chi connectivity index (χ2v) is 7.30. The van der Waals surface area contributed by atoms with Crippen molar-refractivity contribution >= 4 is 34.3 Å². The first kappa shape index (κ1) is 17.4. The highest BCUT2D eigenvalue weighted by molar-refractivity contribution is 6.31. The van der Waals surface area contributed by atoms with E-state index in [4.69, 9.17) is 16.3 Å². The van der Waals surface area contributed by atoms with Gasteiger partial charge >= 0.3 is 0 Å². The molecular weight excluding hydrogens is 354 g/mol. The Morgan fingerprint density at radius 1 is 1.23 bits per heavy atom. The Morgan fingerprint density at radius 3 is 2.85 bits per heavy atom. The van der Waals surface area contributed by atoms with Crippen LogP contribution in [0.15, 0.2) is 24.4 Å². The van der Waals surface area contributed by atoms with Gasteiger partial charge in [-0.05, 0) is 36.6 Å². The van der Waals surface area contributed by atoms with Crippen molar-refractivity contribution < 1.29 is 14.3 Å². The van der Waals surface area contributed by atoms with E-state index in [1.807, 2.05) is 29.3 Å². The number of ether oxygens (including phenoxy) is 1. The van der Waals surface area contributed by atoms with E-state index in [1.54, 1.807) is 4.90 Å². The number of nitrogens with zero attached hydrogens (tertiary/aromatic N) is 2. The number of benzene rings is 1. The summed E-state index contributed by atoms with van der Waals surface area (Å²) in [4.78, 5) is 32.5. The van der Waals surface area contributed by atoms with Gasteiger partial charge in [-0.2, -0.15) is 0 Å². The second kappa shape index (κ2) is 7.29. The van der Waals surface area contributed by atoms with E-state index in [-0.39, 0.29) is 24.3 Å². The number of likely N-dealkylation sites (tertiary alicyclic amines) is 1. The number of aromatic amines is 1. The lowest BCUT2D eigenvalue weighted by molar-refractivity contribution is -0.146. The van der Waals surface area contributed by atoms with E-state index < -0.39 is 0 Å². The van der Waals surface area contributed by atoms with Crippen molar-refractivity contribution in [2.75, 3.05) is 32.8 Å². The van der Waals surface area contributed by atoms with Gasteiger partial charge in [0.2, 0.25) is 11.8 Å². The summed E-state index contributed by atoms with van der Waals surface area (Å²) in [5.41, 5.74) is 1.87.